The lowest BCUT2D eigenvalue weighted by Gasteiger charge is -2.20. The minimum atomic E-state index is 0.0440. The number of aromatic nitrogens is 3. The molecule has 0 saturated carbocycles. The second kappa shape index (κ2) is 9.09. The van der Waals surface area contributed by atoms with E-state index < -0.39 is 0 Å². The summed E-state index contributed by atoms with van der Waals surface area (Å²) >= 11 is 1.54. The predicted molar refractivity (Wildman–Crippen MR) is 120 cm³/mol. The van der Waals surface area contributed by atoms with E-state index in [1.165, 1.54) is 0 Å². The first-order valence-electron chi connectivity index (χ1n) is 9.90. The van der Waals surface area contributed by atoms with Gasteiger partial charge in [0, 0.05) is 25.5 Å². The molecule has 0 radical (unpaired) electrons. The van der Waals surface area contributed by atoms with Crippen molar-refractivity contribution in [1.29, 1.82) is 0 Å². The molecule has 0 unspecified atom stereocenters. The number of thiazole rings is 1. The van der Waals surface area contributed by atoms with Gasteiger partial charge in [-0.2, -0.15) is 0 Å². The molecule has 2 aromatic heterocycles. The number of aryl methyl sites for hydroxylation is 2. The van der Waals surface area contributed by atoms with Crippen LogP contribution in [-0.4, -0.2) is 34.1 Å². The molecule has 0 spiro atoms. The Bertz CT molecular complexity index is 1120. The average Bonchev–Trinajstić information content (AvgIpc) is 3.43. The molecule has 0 fully saturated rings. The summed E-state index contributed by atoms with van der Waals surface area (Å²) in [7, 11) is 1.65. The second-order valence-corrected chi connectivity index (χ2v) is 8.10. The summed E-state index contributed by atoms with van der Waals surface area (Å²) in [5.41, 5.74) is 2.94. The van der Waals surface area contributed by atoms with E-state index in [-0.39, 0.29) is 5.91 Å². The zero-order valence-electron chi connectivity index (χ0n) is 17.1. The lowest BCUT2D eigenvalue weighted by Crippen LogP contribution is -2.33. The minimum absolute atomic E-state index is 0.0440. The molecule has 0 saturated heterocycles. The van der Waals surface area contributed by atoms with Crippen molar-refractivity contribution < 1.29 is 9.53 Å². The van der Waals surface area contributed by atoms with Gasteiger partial charge in [0.2, 0.25) is 5.91 Å². The number of amides is 1. The van der Waals surface area contributed by atoms with Crippen LogP contribution >= 0.6 is 11.3 Å². The molecular formula is C23H24N4O2S. The Labute approximate surface area is 179 Å². The smallest absolute Gasteiger partial charge is 0.233 e. The number of rotatable bonds is 8. The van der Waals surface area contributed by atoms with Crippen LogP contribution < -0.4 is 9.64 Å². The summed E-state index contributed by atoms with van der Waals surface area (Å²) < 4.78 is 8.56. The van der Waals surface area contributed by atoms with Gasteiger partial charge in [-0.05, 0) is 30.5 Å². The Morgan fingerprint density at radius 3 is 2.77 bits per heavy atom. The van der Waals surface area contributed by atoms with Crippen molar-refractivity contribution >= 4 is 32.6 Å². The molecule has 0 N–H and O–H groups in total. The van der Waals surface area contributed by atoms with Crippen molar-refractivity contribution in [2.75, 3.05) is 18.6 Å². The van der Waals surface area contributed by atoms with Crippen LogP contribution in [0.3, 0.4) is 0 Å². The molecule has 0 aliphatic heterocycles. The van der Waals surface area contributed by atoms with E-state index in [9.17, 15) is 4.79 Å². The molecule has 1 amide bonds. The molecule has 2 heterocycles. The molecule has 4 rings (SSSR count). The molecule has 6 nitrogen and oxygen atoms in total. The summed E-state index contributed by atoms with van der Waals surface area (Å²) in [6.07, 6.45) is 6.64. The Balaban J connectivity index is 1.62. The van der Waals surface area contributed by atoms with E-state index in [0.29, 0.717) is 18.1 Å². The Kier molecular flexibility index (Phi) is 6.09. The second-order valence-electron chi connectivity index (χ2n) is 7.12. The summed E-state index contributed by atoms with van der Waals surface area (Å²) in [5.74, 6) is 0.773. The summed E-state index contributed by atoms with van der Waals surface area (Å²) in [6, 6.07) is 13.8. The Hall–Kier alpha value is -3.19. The quantitative estimate of drug-likeness (QED) is 0.422. The fourth-order valence-electron chi connectivity index (χ4n) is 3.40. The molecule has 2 aromatic carbocycles. The van der Waals surface area contributed by atoms with Gasteiger partial charge in [0.05, 0.1) is 24.6 Å². The highest BCUT2D eigenvalue weighted by Crippen LogP contribution is 2.36. The number of hydrogen-bond acceptors (Lipinski definition) is 5. The Morgan fingerprint density at radius 2 is 2.03 bits per heavy atom. The van der Waals surface area contributed by atoms with Crippen molar-refractivity contribution in [3.05, 3.63) is 72.3 Å². The Morgan fingerprint density at radius 1 is 1.20 bits per heavy atom. The summed E-state index contributed by atoms with van der Waals surface area (Å²) in [4.78, 5) is 24.0. The SMILES string of the molecule is COc1ccc(C)c2sc(N(CCCn3ccnc3)C(=O)Cc3ccccc3)nc12. The average molecular weight is 421 g/mol. The molecular weight excluding hydrogens is 396 g/mol. The number of carbonyl (C=O) groups is 1. The first-order chi connectivity index (χ1) is 14.7. The molecule has 0 atom stereocenters. The molecule has 4 aromatic rings. The third kappa shape index (κ3) is 4.36. The van der Waals surface area contributed by atoms with E-state index in [4.69, 9.17) is 9.72 Å². The van der Waals surface area contributed by atoms with Gasteiger partial charge in [-0.15, -0.1) is 0 Å². The highest BCUT2D eigenvalue weighted by molar-refractivity contribution is 7.22. The highest BCUT2D eigenvalue weighted by Gasteiger charge is 2.21. The van der Waals surface area contributed by atoms with Crippen LogP contribution in [0.25, 0.3) is 10.2 Å². The third-order valence-corrected chi connectivity index (χ3v) is 6.21. The van der Waals surface area contributed by atoms with Crippen LogP contribution in [0.1, 0.15) is 17.5 Å². The van der Waals surface area contributed by atoms with Crippen LogP contribution in [-0.2, 0) is 17.8 Å². The molecule has 30 heavy (non-hydrogen) atoms. The zero-order valence-corrected chi connectivity index (χ0v) is 17.9. The van der Waals surface area contributed by atoms with E-state index >= 15 is 0 Å². The van der Waals surface area contributed by atoms with Crippen LogP contribution in [0, 0.1) is 6.92 Å². The van der Waals surface area contributed by atoms with E-state index in [0.717, 1.165) is 40.1 Å². The molecule has 0 aliphatic carbocycles. The number of nitrogens with zero attached hydrogens (tertiary/aromatic N) is 4. The zero-order chi connectivity index (χ0) is 20.9. The number of imidazole rings is 1. The van der Waals surface area contributed by atoms with Gasteiger partial charge >= 0.3 is 0 Å². The minimum Gasteiger partial charge on any atom is -0.494 e. The standard InChI is InChI=1S/C23H24N4O2S/c1-17-9-10-19(29-2)21-22(17)30-23(25-21)27(13-6-12-26-14-11-24-16-26)20(28)15-18-7-4-3-5-8-18/h3-5,7-11,14,16H,6,12-13,15H2,1-2H3. The fourth-order valence-corrected chi connectivity index (χ4v) is 4.50. The maximum Gasteiger partial charge on any atom is 0.233 e. The van der Waals surface area contributed by atoms with Gasteiger partial charge in [0.25, 0.3) is 0 Å². The fraction of sp³-hybridized carbons (Fsp3) is 0.261. The molecule has 154 valence electrons. The van der Waals surface area contributed by atoms with Crippen molar-refractivity contribution in [2.45, 2.75) is 26.3 Å². The van der Waals surface area contributed by atoms with E-state index in [2.05, 4.69) is 11.9 Å². The number of carbonyl (C=O) groups excluding carboxylic acids is 1. The van der Waals surface area contributed by atoms with Crippen molar-refractivity contribution in [2.24, 2.45) is 0 Å². The van der Waals surface area contributed by atoms with Gasteiger partial charge in [-0.1, -0.05) is 47.7 Å². The summed E-state index contributed by atoms with van der Waals surface area (Å²) in [5, 5.41) is 0.712. The largest absolute Gasteiger partial charge is 0.494 e. The predicted octanol–water partition coefficient (Wildman–Crippen LogP) is 4.48. The monoisotopic (exact) mass is 420 g/mol. The maximum absolute atomic E-state index is 13.3. The number of methoxy groups -OCH3 is 1. The topological polar surface area (TPSA) is 60.2 Å². The van der Waals surface area contributed by atoms with Gasteiger partial charge in [0.1, 0.15) is 11.3 Å². The summed E-state index contributed by atoms with van der Waals surface area (Å²) in [6.45, 7) is 3.44. The first kappa shape index (κ1) is 20.1. The number of anilines is 1. The van der Waals surface area contributed by atoms with Crippen LogP contribution in [0.2, 0.25) is 0 Å². The third-order valence-electron chi connectivity index (χ3n) is 5.00. The van der Waals surface area contributed by atoms with E-state index in [1.807, 2.05) is 58.1 Å². The van der Waals surface area contributed by atoms with Gasteiger partial charge < -0.3 is 9.30 Å². The molecule has 0 aliphatic rings. The lowest BCUT2D eigenvalue weighted by atomic mass is 10.1. The number of hydrogen-bond donors (Lipinski definition) is 0. The van der Waals surface area contributed by atoms with Gasteiger partial charge in [0.15, 0.2) is 5.13 Å². The van der Waals surface area contributed by atoms with Crippen molar-refractivity contribution in [3.63, 3.8) is 0 Å². The van der Waals surface area contributed by atoms with Gasteiger partial charge in [-0.25, -0.2) is 9.97 Å². The number of fused-ring (bicyclic) bond motifs is 1. The van der Waals surface area contributed by atoms with Crippen molar-refractivity contribution in [1.82, 2.24) is 14.5 Å². The lowest BCUT2D eigenvalue weighted by molar-refractivity contribution is -0.118. The highest BCUT2D eigenvalue weighted by atomic mass is 32.1. The van der Waals surface area contributed by atoms with E-state index in [1.54, 1.807) is 31.0 Å². The number of benzene rings is 2. The maximum atomic E-state index is 13.3. The normalized spacial score (nSPS) is 11.0. The van der Waals surface area contributed by atoms with Crippen LogP contribution in [0.5, 0.6) is 5.75 Å². The van der Waals surface area contributed by atoms with Crippen LogP contribution in [0.4, 0.5) is 5.13 Å². The van der Waals surface area contributed by atoms with Crippen LogP contribution in [0.15, 0.2) is 61.2 Å². The first-order valence-corrected chi connectivity index (χ1v) is 10.7. The van der Waals surface area contributed by atoms with Crippen molar-refractivity contribution in [3.8, 4) is 5.75 Å². The molecule has 7 heteroatoms. The number of ether oxygens (including phenoxy) is 1. The molecule has 0 bridgehead atoms. The van der Waals surface area contributed by atoms with Gasteiger partial charge in [-0.3, -0.25) is 9.69 Å².